The molecule has 0 aromatic carbocycles. The number of epoxide rings is 1. The highest BCUT2D eigenvalue weighted by Gasteiger charge is 2.83. The molecule has 1 saturated heterocycles. The Kier molecular flexibility index (Phi) is 4.79. The maximum Gasteiger partial charge on any atom is 0.306 e. The van der Waals surface area contributed by atoms with Gasteiger partial charge in [0.15, 0.2) is 11.4 Å². The molecule has 5 nitrogen and oxygen atoms in total. The number of hydrogen-bond acceptors (Lipinski definition) is 5. The summed E-state index contributed by atoms with van der Waals surface area (Å²) in [5, 5.41) is 0. The van der Waals surface area contributed by atoms with Crippen molar-refractivity contribution < 1.29 is 23.9 Å². The number of hydrogen-bond donors (Lipinski definition) is 0. The molecular formula is C25H35ClO5. The number of alkyl halides is 1. The summed E-state index contributed by atoms with van der Waals surface area (Å²) in [7, 11) is 0. The molecule has 6 heteroatoms. The van der Waals surface area contributed by atoms with Crippen LogP contribution in [0.5, 0.6) is 0 Å². The predicted molar refractivity (Wildman–Crippen MR) is 116 cm³/mol. The maximum atomic E-state index is 13.4. The van der Waals surface area contributed by atoms with Gasteiger partial charge in [0.05, 0.1) is 12.0 Å². The lowest BCUT2D eigenvalue weighted by atomic mass is 9.44. The Bertz CT molecular complexity index is 842. The van der Waals surface area contributed by atoms with E-state index in [9.17, 15) is 14.4 Å². The Labute approximate surface area is 189 Å². The molecule has 9 atom stereocenters. The van der Waals surface area contributed by atoms with Gasteiger partial charge in [0, 0.05) is 36.0 Å². The Morgan fingerprint density at radius 1 is 1.19 bits per heavy atom. The zero-order valence-electron chi connectivity index (χ0n) is 19.2. The summed E-state index contributed by atoms with van der Waals surface area (Å²) in [5.74, 6) is 0.650. The van der Waals surface area contributed by atoms with E-state index in [1.165, 1.54) is 0 Å². The van der Waals surface area contributed by atoms with Crippen molar-refractivity contribution in [3.8, 4) is 0 Å². The number of Topliss-reactive ketones (excluding diaryl/α,β-unsaturated/α-hetero) is 2. The lowest BCUT2D eigenvalue weighted by molar-refractivity contribution is -0.193. The van der Waals surface area contributed by atoms with Gasteiger partial charge < -0.3 is 9.47 Å². The number of carbonyl (C=O) groups is 3. The average molecular weight is 451 g/mol. The van der Waals surface area contributed by atoms with E-state index in [0.717, 1.165) is 25.7 Å². The molecule has 0 amide bonds. The molecule has 1 aliphatic heterocycles. The van der Waals surface area contributed by atoms with Crippen molar-refractivity contribution in [3.05, 3.63) is 0 Å². The third-order valence-corrected chi connectivity index (χ3v) is 10.7. The van der Waals surface area contributed by atoms with Crippen LogP contribution in [0.1, 0.15) is 79.1 Å². The maximum absolute atomic E-state index is 13.4. The predicted octanol–water partition coefficient (Wildman–Crippen LogP) is 4.48. The normalized spacial score (nSPS) is 52.4. The summed E-state index contributed by atoms with van der Waals surface area (Å²) in [6.07, 6.45) is 6.16. The van der Waals surface area contributed by atoms with Gasteiger partial charge in [0.1, 0.15) is 11.4 Å². The zero-order chi connectivity index (χ0) is 22.4. The molecule has 3 unspecified atom stereocenters. The molecule has 0 N–H and O–H groups in total. The first kappa shape index (κ1) is 21.9. The third-order valence-electron chi connectivity index (χ3n) is 10.5. The van der Waals surface area contributed by atoms with Gasteiger partial charge >= 0.3 is 5.97 Å². The van der Waals surface area contributed by atoms with Crippen LogP contribution in [0.3, 0.4) is 0 Å². The average Bonchev–Trinajstić information content (AvgIpc) is 3.41. The quantitative estimate of drug-likeness (QED) is 0.359. The van der Waals surface area contributed by atoms with Crippen molar-refractivity contribution >= 4 is 29.1 Å². The van der Waals surface area contributed by atoms with Crippen LogP contribution in [0.25, 0.3) is 0 Å². The minimum atomic E-state index is -1.18. The molecule has 0 radical (unpaired) electrons. The zero-order valence-corrected chi connectivity index (χ0v) is 19.9. The third kappa shape index (κ3) is 2.46. The number of rotatable bonds is 4. The lowest BCUT2D eigenvalue weighted by Crippen LogP contribution is -2.64. The van der Waals surface area contributed by atoms with Crippen LogP contribution in [0, 0.1) is 34.5 Å². The first-order chi connectivity index (χ1) is 14.6. The first-order valence-corrected chi connectivity index (χ1v) is 12.6. The first-order valence-electron chi connectivity index (χ1n) is 12.1. The molecule has 0 aromatic heterocycles. The number of halogens is 1. The van der Waals surface area contributed by atoms with E-state index in [4.69, 9.17) is 21.1 Å². The second-order valence-electron chi connectivity index (χ2n) is 11.4. The second-order valence-corrected chi connectivity index (χ2v) is 11.7. The minimum Gasteiger partial charge on any atom is -0.450 e. The van der Waals surface area contributed by atoms with Gasteiger partial charge in [-0.05, 0) is 49.9 Å². The van der Waals surface area contributed by atoms with Crippen molar-refractivity contribution in [1.29, 1.82) is 0 Å². The van der Waals surface area contributed by atoms with Crippen LogP contribution >= 0.6 is 11.6 Å². The number of ether oxygens (including phenoxy) is 2. The van der Waals surface area contributed by atoms with E-state index < -0.39 is 11.0 Å². The highest BCUT2D eigenvalue weighted by molar-refractivity contribution is 6.29. The topological polar surface area (TPSA) is 73.0 Å². The van der Waals surface area contributed by atoms with Crippen molar-refractivity contribution in [2.75, 3.05) is 5.88 Å². The number of ketones is 2. The fraction of sp³-hybridized carbons (Fsp3) is 0.880. The molecule has 5 fully saturated rings. The van der Waals surface area contributed by atoms with E-state index in [-0.39, 0.29) is 53.0 Å². The standard InChI is InChI=1S/C25H35ClO5/c1-5-21(29)31-24(19(28)13-26)14(2)10-18-17-7-6-15-11-16(27)8-9-22(15,3)25(17)20(30-25)12-23(18,24)4/h14-15,17-18,20H,5-13H2,1-4H3/t14?,15?,17-,18-,20?,22-,23-,24-,25-/m0/s1. The van der Waals surface area contributed by atoms with Crippen LogP contribution in [-0.2, 0) is 23.9 Å². The van der Waals surface area contributed by atoms with Gasteiger partial charge in [-0.1, -0.05) is 27.7 Å². The Morgan fingerprint density at radius 2 is 1.94 bits per heavy atom. The molecule has 172 valence electrons. The summed E-state index contributed by atoms with van der Waals surface area (Å²) in [4.78, 5) is 38.1. The van der Waals surface area contributed by atoms with E-state index in [1.54, 1.807) is 6.92 Å². The molecule has 5 aliphatic rings. The van der Waals surface area contributed by atoms with E-state index in [0.29, 0.717) is 36.9 Å². The molecule has 5 rings (SSSR count). The Balaban J connectivity index is 1.57. The van der Waals surface area contributed by atoms with Crippen LogP contribution in [-0.4, -0.2) is 40.7 Å². The van der Waals surface area contributed by atoms with Crippen LogP contribution < -0.4 is 0 Å². The van der Waals surface area contributed by atoms with Crippen molar-refractivity contribution in [2.45, 2.75) is 96.4 Å². The molecule has 0 aromatic rings. The van der Waals surface area contributed by atoms with Gasteiger partial charge in [-0.3, -0.25) is 14.4 Å². The van der Waals surface area contributed by atoms with Gasteiger partial charge in [-0.25, -0.2) is 0 Å². The van der Waals surface area contributed by atoms with Gasteiger partial charge in [0.25, 0.3) is 0 Å². The molecule has 31 heavy (non-hydrogen) atoms. The van der Waals surface area contributed by atoms with Crippen molar-refractivity contribution in [3.63, 3.8) is 0 Å². The minimum absolute atomic E-state index is 0.0148. The summed E-state index contributed by atoms with van der Waals surface area (Å²) in [5.41, 5.74) is -1.83. The smallest absolute Gasteiger partial charge is 0.306 e. The van der Waals surface area contributed by atoms with E-state index >= 15 is 0 Å². The van der Waals surface area contributed by atoms with Crippen LogP contribution in [0.4, 0.5) is 0 Å². The monoisotopic (exact) mass is 450 g/mol. The highest BCUT2D eigenvalue weighted by atomic mass is 35.5. The summed E-state index contributed by atoms with van der Waals surface area (Å²) >= 11 is 6.11. The highest BCUT2D eigenvalue weighted by Crippen LogP contribution is 2.77. The van der Waals surface area contributed by atoms with Crippen LogP contribution in [0.2, 0.25) is 0 Å². The Morgan fingerprint density at radius 3 is 2.61 bits per heavy atom. The number of carbonyl (C=O) groups excluding carboxylic acids is 3. The van der Waals surface area contributed by atoms with Gasteiger partial charge in [-0.15, -0.1) is 11.6 Å². The summed E-state index contributed by atoms with van der Waals surface area (Å²) in [6, 6.07) is 0. The molecule has 1 spiro atoms. The van der Waals surface area contributed by atoms with E-state index in [1.807, 2.05) is 0 Å². The van der Waals surface area contributed by atoms with E-state index in [2.05, 4.69) is 20.8 Å². The summed E-state index contributed by atoms with van der Waals surface area (Å²) < 4.78 is 12.8. The molecule has 4 saturated carbocycles. The van der Waals surface area contributed by atoms with Crippen molar-refractivity contribution in [1.82, 2.24) is 0 Å². The SMILES string of the molecule is CCC(=O)O[C@]1(C(=O)CCl)C(C)C[C@H]2[C@@H]3CCC4CC(=O)CC[C@]4(C)[C@]34OC4C[C@@]21C. The fourth-order valence-corrected chi connectivity index (χ4v) is 9.24. The Hall–Kier alpha value is -0.940. The largest absolute Gasteiger partial charge is 0.450 e. The number of esters is 1. The second kappa shape index (κ2) is 6.79. The molecule has 4 aliphatic carbocycles. The molecular weight excluding hydrogens is 416 g/mol. The molecule has 1 heterocycles. The molecule has 0 bridgehead atoms. The summed E-state index contributed by atoms with van der Waals surface area (Å²) in [6.45, 7) is 8.33. The van der Waals surface area contributed by atoms with Gasteiger partial charge in [0.2, 0.25) is 0 Å². The van der Waals surface area contributed by atoms with Gasteiger partial charge in [-0.2, -0.15) is 0 Å². The lowest BCUT2D eigenvalue weighted by Gasteiger charge is -2.59. The van der Waals surface area contributed by atoms with Crippen molar-refractivity contribution in [2.24, 2.45) is 34.5 Å². The fourth-order valence-electron chi connectivity index (χ4n) is 9.04. The number of fused-ring (bicyclic) bond motifs is 3. The van der Waals surface area contributed by atoms with Crippen LogP contribution in [0.15, 0.2) is 0 Å².